The number of fused-ring (bicyclic) bond motifs is 10. The summed E-state index contributed by atoms with van der Waals surface area (Å²) in [6.45, 7) is 6.94. The van der Waals surface area contributed by atoms with E-state index < -0.39 is 0 Å². The number of hydrogen-bond donors (Lipinski definition) is 0. The number of para-hydroxylation sites is 3. The van der Waals surface area contributed by atoms with Crippen LogP contribution in [0.4, 0.5) is 56.9 Å². The second kappa shape index (κ2) is 23.4. The van der Waals surface area contributed by atoms with E-state index in [9.17, 15) is 0 Å². The van der Waals surface area contributed by atoms with E-state index in [1.165, 1.54) is 198 Å². The van der Waals surface area contributed by atoms with E-state index in [1.807, 2.05) is 11.8 Å². The maximum Gasteiger partial charge on any atom is 0.252 e. The van der Waals surface area contributed by atoms with Crippen LogP contribution in [0.2, 0.25) is 0 Å². The molecule has 8 aliphatic rings. The Morgan fingerprint density at radius 2 is 0.714 bits per heavy atom. The fourth-order valence-electron chi connectivity index (χ4n) is 21.0. The minimum absolute atomic E-state index is 0.108. The Hall–Kier alpha value is -11.2. The van der Waals surface area contributed by atoms with Crippen LogP contribution in [-0.2, 0) is 5.41 Å². The summed E-state index contributed by atoms with van der Waals surface area (Å²) in [7, 11) is 0. The van der Waals surface area contributed by atoms with Gasteiger partial charge in [-0.2, -0.15) is 0 Å². The maximum absolute atomic E-state index is 3.00. The van der Waals surface area contributed by atoms with Crippen molar-refractivity contribution in [3.8, 4) is 66.8 Å². The summed E-state index contributed by atoms with van der Waals surface area (Å²) in [4.78, 5) is 13.8. The molecule has 4 atom stereocenters. The number of nitrogens with zero attached hydrogens (tertiary/aromatic N) is 4. The van der Waals surface area contributed by atoms with E-state index in [-0.39, 0.29) is 18.8 Å². The first-order chi connectivity index (χ1) is 51.7. The van der Waals surface area contributed by atoms with Crippen molar-refractivity contribution >= 4 is 115 Å². The number of benzene rings is 14. The lowest BCUT2D eigenvalue weighted by Crippen LogP contribution is -2.64. The smallest absolute Gasteiger partial charge is 0.252 e. The van der Waals surface area contributed by atoms with Gasteiger partial charge in [0.05, 0.1) is 11.4 Å². The number of piperidine rings is 1. The van der Waals surface area contributed by atoms with E-state index in [0.29, 0.717) is 17.5 Å². The van der Waals surface area contributed by atoms with E-state index in [0.717, 1.165) is 17.5 Å². The highest BCUT2D eigenvalue weighted by atomic mass is 32.2. The van der Waals surface area contributed by atoms with Crippen molar-refractivity contribution in [2.45, 2.75) is 80.2 Å². The van der Waals surface area contributed by atoms with Gasteiger partial charge in [-0.3, -0.25) is 0 Å². The van der Waals surface area contributed by atoms with Crippen molar-refractivity contribution in [3.63, 3.8) is 0 Å². The molecule has 500 valence electrons. The fraction of sp³-hybridized carbons (Fsp3) is 0.143. The molecule has 14 aromatic rings. The first kappa shape index (κ1) is 61.3. The van der Waals surface area contributed by atoms with Crippen molar-refractivity contribution < 1.29 is 0 Å². The van der Waals surface area contributed by atoms with E-state index in [4.69, 9.17) is 0 Å². The van der Waals surface area contributed by atoms with Gasteiger partial charge in [0.25, 0.3) is 6.71 Å². The zero-order valence-corrected chi connectivity index (χ0v) is 60.1. The summed E-state index contributed by atoms with van der Waals surface area (Å²) in [5, 5.41) is 0. The molecule has 0 N–H and O–H groups in total. The summed E-state index contributed by atoms with van der Waals surface area (Å²) in [5.74, 6) is 1.70. The molecule has 105 heavy (non-hydrogen) atoms. The summed E-state index contributed by atoms with van der Waals surface area (Å²) in [6, 6.07) is 124. The van der Waals surface area contributed by atoms with Crippen LogP contribution in [0, 0.1) is 17.3 Å². The highest BCUT2D eigenvalue weighted by molar-refractivity contribution is 8.00. The molecule has 4 unspecified atom stereocenters. The summed E-state index contributed by atoms with van der Waals surface area (Å²) < 4.78 is 0. The molecule has 4 nitrogen and oxygen atoms in total. The van der Waals surface area contributed by atoms with Crippen LogP contribution in [0.5, 0.6) is 0 Å². The molecule has 5 aliphatic heterocycles. The fourth-order valence-corrected chi connectivity index (χ4v) is 22.2. The molecular formula is C98H76B2N4S. The molecule has 1 spiro atoms. The van der Waals surface area contributed by atoms with Gasteiger partial charge in [-0.15, -0.1) is 0 Å². The Morgan fingerprint density at radius 1 is 0.314 bits per heavy atom. The predicted octanol–water partition coefficient (Wildman–Crippen LogP) is 21.6. The molecule has 1 saturated heterocycles. The third kappa shape index (κ3) is 9.29. The first-order valence-corrected chi connectivity index (χ1v) is 38.8. The van der Waals surface area contributed by atoms with Gasteiger partial charge >= 0.3 is 0 Å². The molecule has 3 aliphatic carbocycles. The van der Waals surface area contributed by atoms with Gasteiger partial charge in [0.2, 0.25) is 6.71 Å². The monoisotopic (exact) mass is 1360 g/mol. The molecule has 5 heterocycles. The Balaban J connectivity index is 0.851. The van der Waals surface area contributed by atoms with Crippen molar-refractivity contribution in [2.24, 2.45) is 17.3 Å². The first-order valence-electron chi connectivity index (χ1n) is 38.0. The Bertz CT molecular complexity index is 5700. The quantitative estimate of drug-likeness (QED) is 0.126. The van der Waals surface area contributed by atoms with Crippen LogP contribution < -0.4 is 52.4 Å². The summed E-state index contributed by atoms with van der Waals surface area (Å²) in [6.07, 6.45) is 6.69. The topological polar surface area (TPSA) is 13.0 Å². The van der Waals surface area contributed by atoms with Gasteiger partial charge in [0.1, 0.15) is 0 Å². The Labute approximate surface area is 621 Å². The van der Waals surface area contributed by atoms with Crippen LogP contribution in [0.25, 0.3) is 66.8 Å². The molecule has 14 aromatic carbocycles. The van der Waals surface area contributed by atoms with Gasteiger partial charge in [0, 0.05) is 89.6 Å². The van der Waals surface area contributed by atoms with Gasteiger partial charge in [-0.05, 0) is 211 Å². The minimum atomic E-state index is -0.220. The predicted molar refractivity (Wildman–Crippen MR) is 444 cm³/mol. The largest absolute Gasteiger partial charge is 0.365 e. The number of anilines is 10. The second-order valence-electron chi connectivity index (χ2n) is 31.9. The average molecular weight is 1360 g/mol. The SMILES string of the molecule is CC(C)(C)c1cc2c3c(c1)N(c1c(-c4ccccc4)cc(-c4ccccc4)cc1-c1ccccc1)c1cc4c(cc1B3c1ccccc1N2c1ccccc1)B1c2ccccc2N(c2c(-c3ccccc3)cc(-c3ccccc3)cc2-c2ccccc2)c2cc(N3C5CC6CC7CC3CC67C5)cc(c21)S4. The normalized spacial score (nSPS) is 19.3. The third-order valence-corrected chi connectivity index (χ3v) is 26.6. The van der Waals surface area contributed by atoms with E-state index >= 15 is 0 Å². The molecular weight excluding hydrogens is 1290 g/mol. The third-order valence-electron chi connectivity index (χ3n) is 25.5. The van der Waals surface area contributed by atoms with E-state index in [1.54, 1.807) is 0 Å². The molecule has 0 amide bonds. The zero-order valence-electron chi connectivity index (χ0n) is 59.3. The van der Waals surface area contributed by atoms with Crippen LogP contribution in [0.15, 0.2) is 331 Å². The highest BCUT2D eigenvalue weighted by Crippen LogP contribution is 2.73. The Morgan fingerprint density at radius 3 is 1.19 bits per heavy atom. The van der Waals surface area contributed by atoms with E-state index in [2.05, 4.69) is 362 Å². The van der Waals surface area contributed by atoms with Crippen molar-refractivity contribution in [2.75, 3.05) is 19.6 Å². The molecule has 4 fully saturated rings. The lowest BCUT2D eigenvalue weighted by atomic mass is 9.31. The molecule has 7 heteroatoms. The molecule has 3 saturated carbocycles. The van der Waals surface area contributed by atoms with Crippen LogP contribution in [-0.4, -0.2) is 25.5 Å². The second-order valence-corrected chi connectivity index (χ2v) is 33.0. The van der Waals surface area contributed by atoms with Gasteiger partial charge in [-0.25, -0.2) is 0 Å². The number of rotatable bonds is 10. The Kier molecular flexibility index (Phi) is 13.6. The van der Waals surface area contributed by atoms with Crippen molar-refractivity contribution in [3.05, 3.63) is 327 Å². The van der Waals surface area contributed by atoms with Crippen LogP contribution in [0.1, 0.15) is 58.4 Å². The molecule has 0 radical (unpaired) electrons. The lowest BCUT2D eigenvalue weighted by molar-refractivity contribution is 0.00223. The van der Waals surface area contributed by atoms with Crippen LogP contribution >= 0.6 is 11.8 Å². The highest BCUT2D eigenvalue weighted by Gasteiger charge is 2.69. The van der Waals surface area contributed by atoms with Crippen molar-refractivity contribution in [1.82, 2.24) is 0 Å². The lowest BCUT2D eigenvalue weighted by Gasteiger charge is -2.49. The average Bonchev–Trinajstić information content (AvgIpc) is 1.67. The molecule has 3 bridgehead atoms. The minimum Gasteiger partial charge on any atom is -0.365 e. The zero-order chi connectivity index (χ0) is 69.4. The summed E-state index contributed by atoms with van der Waals surface area (Å²) >= 11 is 2.03. The van der Waals surface area contributed by atoms with Gasteiger partial charge < -0.3 is 19.6 Å². The molecule has 0 aromatic heterocycles. The van der Waals surface area contributed by atoms with Gasteiger partial charge in [0.15, 0.2) is 0 Å². The summed E-state index contributed by atoms with van der Waals surface area (Å²) in [5.41, 5.74) is 36.2. The molecule has 22 rings (SSSR count). The standard InChI is InChI=1S/C98H76B2N4S/c1-97(2,3)70-54-88-93-89(55-70)104(96-79(66-37-19-8-20-38-66)49-69(63-31-13-5-14-32-63)50-80(96)67-39-21-9-22-40-67)87-59-91-84(58-83(87)99(93)81-43-25-27-45-85(81)102(88)73-41-23-10-24-42-73)100-82-44-26-28-46-86(82)103(90-56-74(57-92(105-91)94(90)100)101-75-52-71-51-72-53-76(101)61-98(71,72)60-75)95-77(64-33-15-6-16-34-64)47-68(62-29-11-4-12-30-62)48-78(95)65-35-17-7-18-36-65/h4-50,54-59,71-72,75-76H,51-53,60-61H2,1-3H3. The number of hydrogen-bond acceptors (Lipinski definition) is 5. The van der Waals surface area contributed by atoms with Crippen molar-refractivity contribution in [1.29, 1.82) is 0 Å². The van der Waals surface area contributed by atoms with Gasteiger partial charge in [-0.1, -0.05) is 281 Å². The van der Waals surface area contributed by atoms with Crippen LogP contribution in [0.3, 0.4) is 0 Å². The maximum atomic E-state index is 3.00.